The number of quaternary nitrogens is 1. The SMILES string of the molecule is CCCCCCCCCCCCCCCCCCOCC(C)C(OC(N)=O)OP(=O)([O-])OCCCCCCCCCC[N+](C)(C)C. The van der Waals surface area contributed by atoms with Crippen molar-refractivity contribution in [2.45, 2.75) is 174 Å². The van der Waals surface area contributed by atoms with Crippen LogP contribution in [0.3, 0.4) is 0 Å². The van der Waals surface area contributed by atoms with Gasteiger partial charge in [-0.05, 0) is 25.7 Å². The lowest BCUT2D eigenvalue weighted by atomic mass is 10.0. The van der Waals surface area contributed by atoms with Crippen molar-refractivity contribution in [2.75, 3.05) is 47.5 Å². The van der Waals surface area contributed by atoms with Gasteiger partial charge in [0.1, 0.15) is 0 Å². The second-order valence-electron chi connectivity index (χ2n) is 14.4. The summed E-state index contributed by atoms with van der Waals surface area (Å²) in [6.45, 7) is 5.96. The van der Waals surface area contributed by atoms with Crippen LogP contribution in [0.5, 0.6) is 0 Å². The maximum Gasteiger partial charge on any atom is 0.406 e. The summed E-state index contributed by atoms with van der Waals surface area (Å²) in [6, 6.07) is 0. The Labute approximate surface area is 284 Å². The minimum absolute atomic E-state index is 0.0394. The van der Waals surface area contributed by atoms with Gasteiger partial charge >= 0.3 is 6.09 Å². The molecule has 0 spiro atoms. The van der Waals surface area contributed by atoms with Crippen LogP contribution in [0.4, 0.5) is 4.79 Å². The monoisotopic (exact) mass is 679 g/mol. The zero-order valence-electron chi connectivity index (χ0n) is 30.8. The number of primary amides is 1. The average Bonchev–Trinajstić information content (AvgIpc) is 2.97. The van der Waals surface area contributed by atoms with Gasteiger partial charge in [0, 0.05) is 12.5 Å². The normalized spacial score (nSPS) is 14.7. The van der Waals surface area contributed by atoms with Crippen molar-refractivity contribution >= 4 is 13.9 Å². The quantitative estimate of drug-likeness (QED) is 0.0307. The van der Waals surface area contributed by atoms with Gasteiger partial charge in [0.25, 0.3) is 7.82 Å². The lowest BCUT2D eigenvalue weighted by Gasteiger charge is -2.30. The van der Waals surface area contributed by atoms with Crippen molar-refractivity contribution in [3.63, 3.8) is 0 Å². The van der Waals surface area contributed by atoms with Crippen LogP contribution in [0, 0.1) is 5.92 Å². The highest BCUT2D eigenvalue weighted by molar-refractivity contribution is 7.45. The van der Waals surface area contributed by atoms with Gasteiger partial charge in [-0.2, -0.15) is 0 Å². The van der Waals surface area contributed by atoms with Crippen molar-refractivity contribution in [1.29, 1.82) is 0 Å². The summed E-state index contributed by atoms with van der Waals surface area (Å²) >= 11 is 0. The molecular formula is C36H75N2O7P. The van der Waals surface area contributed by atoms with E-state index >= 15 is 0 Å². The number of nitrogens with zero attached hydrogens (tertiary/aromatic N) is 1. The molecule has 0 saturated heterocycles. The molecule has 0 fully saturated rings. The van der Waals surface area contributed by atoms with Gasteiger partial charge < -0.3 is 29.1 Å². The zero-order valence-corrected chi connectivity index (χ0v) is 31.7. The average molecular weight is 679 g/mol. The van der Waals surface area contributed by atoms with E-state index in [0.717, 1.165) is 36.6 Å². The topological polar surface area (TPSA) is 120 Å². The standard InChI is InChI=1S/C36H75N2O7P/c1-6-7-8-9-10-11-12-13-14-15-16-17-19-22-25-28-31-42-33-34(2)35(44-36(37)39)45-46(40,41)43-32-29-26-23-20-18-21-24-27-30-38(3,4)5/h34-35H,6-33H2,1-5H3,(H2-,37,39,40,41). The molecule has 3 atom stereocenters. The Morgan fingerprint density at radius 2 is 1.07 bits per heavy atom. The van der Waals surface area contributed by atoms with Crippen LogP contribution in [0.1, 0.15) is 168 Å². The smallest absolute Gasteiger partial charge is 0.406 e. The zero-order chi connectivity index (χ0) is 34.4. The van der Waals surface area contributed by atoms with Crippen molar-refractivity contribution in [3.8, 4) is 0 Å². The van der Waals surface area contributed by atoms with Crippen molar-refractivity contribution in [3.05, 3.63) is 0 Å². The number of unbranched alkanes of at least 4 members (excludes halogenated alkanes) is 22. The molecule has 276 valence electrons. The number of phosphoric ester groups is 1. The van der Waals surface area contributed by atoms with Crippen LogP contribution >= 0.6 is 7.82 Å². The van der Waals surface area contributed by atoms with Crippen molar-refractivity contribution < 1.29 is 37.3 Å². The van der Waals surface area contributed by atoms with Crippen LogP contribution in [-0.2, 0) is 23.1 Å². The molecular weight excluding hydrogens is 603 g/mol. The van der Waals surface area contributed by atoms with Crippen LogP contribution in [0.25, 0.3) is 0 Å². The van der Waals surface area contributed by atoms with E-state index in [-0.39, 0.29) is 13.2 Å². The largest absolute Gasteiger partial charge is 0.756 e. The number of ether oxygens (including phenoxy) is 2. The number of hydrogen-bond acceptors (Lipinski definition) is 7. The number of rotatable bonds is 35. The maximum atomic E-state index is 12.4. The molecule has 10 heteroatoms. The number of amides is 1. The summed E-state index contributed by atoms with van der Waals surface area (Å²) in [5.41, 5.74) is 5.16. The van der Waals surface area contributed by atoms with Crippen molar-refractivity contribution in [1.82, 2.24) is 0 Å². The molecule has 1 amide bonds. The molecule has 0 radical (unpaired) electrons. The molecule has 9 nitrogen and oxygen atoms in total. The first kappa shape index (κ1) is 45.3. The first-order valence-electron chi connectivity index (χ1n) is 18.9. The van der Waals surface area contributed by atoms with E-state index < -0.39 is 26.1 Å². The predicted octanol–water partition coefficient (Wildman–Crippen LogP) is 9.65. The minimum atomic E-state index is -4.66. The van der Waals surface area contributed by atoms with Gasteiger partial charge in [-0.3, -0.25) is 9.09 Å². The number of phosphoric acid groups is 1. The summed E-state index contributed by atoms with van der Waals surface area (Å²) in [6.07, 6.45) is 27.1. The molecule has 0 saturated carbocycles. The third-order valence-electron chi connectivity index (χ3n) is 8.43. The molecule has 0 rings (SSSR count). The molecule has 0 aliphatic heterocycles. The summed E-state index contributed by atoms with van der Waals surface area (Å²) in [5, 5.41) is 0. The molecule has 0 heterocycles. The van der Waals surface area contributed by atoms with E-state index in [2.05, 4.69) is 28.1 Å². The number of hydrogen-bond donors (Lipinski definition) is 1. The third kappa shape index (κ3) is 33.2. The number of carbonyl (C=O) groups excluding carboxylic acids is 1. The highest BCUT2D eigenvalue weighted by Gasteiger charge is 2.27. The van der Waals surface area contributed by atoms with Gasteiger partial charge in [-0.25, -0.2) is 4.79 Å². The Hall–Kier alpha value is -0.700. The van der Waals surface area contributed by atoms with Crippen LogP contribution < -0.4 is 10.6 Å². The van der Waals surface area contributed by atoms with Crippen molar-refractivity contribution in [2.24, 2.45) is 11.7 Å². The number of carbonyl (C=O) groups is 1. The second kappa shape index (κ2) is 30.4. The highest BCUT2D eigenvalue weighted by Crippen LogP contribution is 2.41. The van der Waals surface area contributed by atoms with Gasteiger partial charge in [0.15, 0.2) is 0 Å². The predicted molar refractivity (Wildman–Crippen MR) is 188 cm³/mol. The maximum absolute atomic E-state index is 12.4. The summed E-state index contributed by atoms with van der Waals surface area (Å²) < 4.78 is 34.2. The fourth-order valence-corrected chi connectivity index (χ4v) is 6.46. The molecule has 0 aromatic heterocycles. The van der Waals surface area contributed by atoms with Gasteiger partial charge in [0.05, 0.1) is 40.9 Å². The van der Waals surface area contributed by atoms with Gasteiger partial charge in [-0.15, -0.1) is 0 Å². The van der Waals surface area contributed by atoms with Gasteiger partial charge in [-0.1, -0.05) is 142 Å². The Balaban J connectivity index is 3.87. The van der Waals surface area contributed by atoms with E-state index in [0.29, 0.717) is 13.0 Å². The summed E-state index contributed by atoms with van der Waals surface area (Å²) in [4.78, 5) is 23.8. The lowest BCUT2D eigenvalue weighted by Crippen LogP contribution is -2.35. The van der Waals surface area contributed by atoms with E-state index in [1.807, 2.05) is 0 Å². The van der Waals surface area contributed by atoms with Crippen LogP contribution in [0.2, 0.25) is 0 Å². The molecule has 2 N–H and O–H groups in total. The first-order valence-corrected chi connectivity index (χ1v) is 20.4. The first-order chi connectivity index (χ1) is 22.0. The Kier molecular flexibility index (Phi) is 29.9. The fraction of sp³-hybridized carbons (Fsp3) is 0.972. The molecule has 0 aromatic rings. The molecule has 0 aromatic carbocycles. The highest BCUT2D eigenvalue weighted by atomic mass is 31.2. The lowest BCUT2D eigenvalue weighted by molar-refractivity contribution is -0.870. The molecule has 0 aliphatic rings. The van der Waals surface area contributed by atoms with E-state index in [4.69, 9.17) is 24.3 Å². The van der Waals surface area contributed by atoms with Gasteiger partial charge in [0.2, 0.25) is 6.29 Å². The molecule has 0 aliphatic carbocycles. The molecule has 3 unspecified atom stereocenters. The van der Waals surface area contributed by atoms with E-state index in [9.17, 15) is 14.3 Å². The minimum Gasteiger partial charge on any atom is -0.756 e. The Morgan fingerprint density at radius 3 is 1.48 bits per heavy atom. The van der Waals surface area contributed by atoms with Crippen LogP contribution in [0.15, 0.2) is 0 Å². The summed E-state index contributed by atoms with van der Waals surface area (Å²) in [5.74, 6) is -0.526. The number of nitrogens with two attached hydrogens (primary N) is 1. The third-order valence-corrected chi connectivity index (χ3v) is 9.39. The molecule has 46 heavy (non-hydrogen) atoms. The second-order valence-corrected chi connectivity index (χ2v) is 15.8. The molecule has 0 bridgehead atoms. The van der Waals surface area contributed by atoms with E-state index in [1.165, 1.54) is 122 Å². The van der Waals surface area contributed by atoms with Crippen LogP contribution in [-0.4, -0.2) is 64.4 Å². The van der Waals surface area contributed by atoms with E-state index in [1.54, 1.807) is 6.92 Å². The Bertz CT molecular complexity index is 736. The Morgan fingerprint density at radius 1 is 0.674 bits per heavy atom. The fourth-order valence-electron chi connectivity index (χ4n) is 5.54. The summed E-state index contributed by atoms with van der Waals surface area (Å²) in [7, 11) is 1.99.